The smallest absolute Gasteiger partial charge is 0.241 e. The Labute approximate surface area is 192 Å². The third kappa shape index (κ3) is 4.99. The highest BCUT2D eigenvalue weighted by molar-refractivity contribution is 7.92. The van der Waals surface area contributed by atoms with Crippen LogP contribution in [0.2, 0.25) is 10.0 Å². The minimum atomic E-state index is -3.89. The minimum absolute atomic E-state index is 0.0472. The van der Waals surface area contributed by atoms with E-state index in [0.29, 0.717) is 32.0 Å². The van der Waals surface area contributed by atoms with E-state index in [9.17, 15) is 13.2 Å². The highest BCUT2D eigenvalue weighted by atomic mass is 35.5. The first kappa shape index (κ1) is 21.6. The fourth-order valence-corrected chi connectivity index (χ4v) is 5.27. The highest BCUT2D eigenvalue weighted by Crippen LogP contribution is 2.30. The second-order valence-corrected chi connectivity index (χ2v) is 10.3. The predicted molar refractivity (Wildman–Crippen MR) is 124 cm³/mol. The maximum absolute atomic E-state index is 12.9. The van der Waals surface area contributed by atoms with Crippen molar-refractivity contribution in [2.75, 3.05) is 11.1 Å². The number of nitrogens with zero attached hydrogens (tertiary/aromatic N) is 1. The van der Waals surface area contributed by atoms with Gasteiger partial charge in [-0.2, -0.15) is 0 Å². The van der Waals surface area contributed by atoms with E-state index in [1.807, 2.05) is 12.1 Å². The van der Waals surface area contributed by atoms with E-state index in [4.69, 9.17) is 23.2 Å². The summed E-state index contributed by atoms with van der Waals surface area (Å²) in [6.07, 6.45) is 2.95. The van der Waals surface area contributed by atoms with E-state index in [2.05, 4.69) is 15.3 Å². The lowest BCUT2D eigenvalue weighted by molar-refractivity contribution is -0.113. The zero-order chi connectivity index (χ0) is 22.0. The monoisotopic (exact) mass is 491 g/mol. The number of benzene rings is 2. The second-order valence-electron chi connectivity index (χ2n) is 6.59. The Bertz CT molecular complexity index is 1330. The van der Waals surface area contributed by atoms with Crippen LogP contribution in [0.5, 0.6) is 0 Å². The summed E-state index contributed by atoms with van der Waals surface area (Å²) in [6.45, 7) is 0. The second kappa shape index (κ2) is 8.84. The number of hydrogen-bond donors (Lipinski definition) is 2. The van der Waals surface area contributed by atoms with Gasteiger partial charge in [0, 0.05) is 38.9 Å². The zero-order valence-corrected chi connectivity index (χ0v) is 18.9. The molecule has 158 valence electrons. The van der Waals surface area contributed by atoms with Gasteiger partial charge in [0.1, 0.15) is 5.75 Å². The molecule has 2 N–H and O–H groups in total. The number of amides is 1. The van der Waals surface area contributed by atoms with E-state index in [1.165, 1.54) is 17.5 Å². The number of H-pyrrole nitrogens is 1. The molecule has 0 bridgehead atoms. The van der Waals surface area contributed by atoms with Crippen molar-refractivity contribution in [1.29, 1.82) is 0 Å². The molecule has 2 heterocycles. The average molecular weight is 492 g/mol. The molecule has 0 radical (unpaired) electrons. The van der Waals surface area contributed by atoms with Gasteiger partial charge in [0.05, 0.1) is 10.6 Å². The summed E-state index contributed by atoms with van der Waals surface area (Å²) >= 11 is 13.0. The number of hydrogen-bond acceptors (Lipinski definition) is 5. The lowest BCUT2D eigenvalue weighted by atomic mass is 10.1. The molecule has 2 aromatic carbocycles. The van der Waals surface area contributed by atoms with Crippen LogP contribution in [0.1, 0.15) is 0 Å². The largest absolute Gasteiger partial charge is 0.366 e. The molecule has 4 rings (SSSR count). The normalized spacial score (nSPS) is 11.4. The third-order valence-corrected chi connectivity index (χ3v) is 7.32. The van der Waals surface area contributed by atoms with Gasteiger partial charge in [0.15, 0.2) is 15.0 Å². The third-order valence-electron chi connectivity index (χ3n) is 4.41. The van der Waals surface area contributed by atoms with E-state index in [1.54, 1.807) is 48.0 Å². The number of halogens is 2. The first-order valence-electron chi connectivity index (χ1n) is 8.98. The van der Waals surface area contributed by atoms with Gasteiger partial charge >= 0.3 is 0 Å². The van der Waals surface area contributed by atoms with Crippen LogP contribution in [-0.4, -0.2) is 30.0 Å². The molecule has 6 nitrogen and oxygen atoms in total. The van der Waals surface area contributed by atoms with Crippen LogP contribution in [0, 0.1) is 0 Å². The number of carbonyl (C=O) groups is 1. The van der Waals surface area contributed by atoms with Crippen molar-refractivity contribution < 1.29 is 13.2 Å². The number of sulfone groups is 1. The summed E-state index contributed by atoms with van der Waals surface area (Å²) in [4.78, 5) is 19.6. The standard InChI is InChI=1S/C21H15Cl2N3O3S2/c22-15-5-1-13(2-6-15)17-9-24-10-19(17)31(28,29)12-20(27)26-21-25-18(11-30-21)14-3-7-16(23)8-4-14/h1-11,24H,12H2,(H,25,26,27). The summed E-state index contributed by atoms with van der Waals surface area (Å²) in [5, 5.41) is 5.81. The van der Waals surface area contributed by atoms with Gasteiger partial charge in [-0.05, 0) is 29.8 Å². The molecule has 0 aliphatic carbocycles. The molecular weight excluding hydrogens is 477 g/mol. The van der Waals surface area contributed by atoms with Crippen molar-refractivity contribution in [3.05, 3.63) is 76.3 Å². The van der Waals surface area contributed by atoms with Crippen LogP contribution in [0.3, 0.4) is 0 Å². The molecule has 31 heavy (non-hydrogen) atoms. The van der Waals surface area contributed by atoms with E-state index >= 15 is 0 Å². The lowest BCUT2D eigenvalue weighted by Gasteiger charge is -2.06. The Kier molecular flexibility index (Phi) is 6.15. The Hall–Kier alpha value is -2.65. The number of carbonyl (C=O) groups excluding carboxylic acids is 1. The van der Waals surface area contributed by atoms with Crippen molar-refractivity contribution in [2.45, 2.75) is 4.90 Å². The van der Waals surface area contributed by atoms with Gasteiger partial charge in [0.25, 0.3) is 0 Å². The van der Waals surface area contributed by atoms with E-state index < -0.39 is 21.5 Å². The predicted octanol–water partition coefficient (Wildman–Crippen LogP) is 5.52. The van der Waals surface area contributed by atoms with Gasteiger partial charge in [-0.1, -0.05) is 47.5 Å². The molecule has 2 aromatic heterocycles. The summed E-state index contributed by atoms with van der Waals surface area (Å²) in [6, 6.07) is 13.9. The Morgan fingerprint density at radius 1 is 0.968 bits per heavy atom. The van der Waals surface area contributed by atoms with Crippen molar-refractivity contribution in [3.8, 4) is 22.4 Å². The molecule has 4 aromatic rings. The number of aromatic nitrogens is 2. The maximum atomic E-state index is 12.9. The van der Waals surface area contributed by atoms with E-state index in [-0.39, 0.29) is 4.90 Å². The topological polar surface area (TPSA) is 91.9 Å². The molecule has 0 unspecified atom stereocenters. The van der Waals surface area contributed by atoms with Crippen LogP contribution in [-0.2, 0) is 14.6 Å². The Morgan fingerprint density at radius 2 is 1.58 bits per heavy atom. The van der Waals surface area contributed by atoms with Gasteiger partial charge in [-0.25, -0.2) is 13.4 Å². The highest BCUT2D eigenvalue weighted by Gasteiger charge is 2.24. The summed E-state index contributed by atoms with van der Waals surface area (Å²) < 4.78 is 25.8. The molecule has 0 saturated carbocycles. The number of anilines is 1. The Balaban J connectivity index is 1.48. The first-order chi connectivity index (χ1) is 14.8. The minimum Gasteiger partial charge on any atom is -0.366 e. The Morgan fingerprint density at radius 3 is 2.23 bits per heavy atom. The lowest BCUT2D eigenvalue weighted by Crippen LogP contribution is -2.23. The first-order valence-corrected chi connectivity index (χ1v) is 12.3. The molecule has 0 spiro atoms. The van der Waals surface area contributed by atoms with Crippen LogP contribution in [0.25, 0.3) is 22.4 Å². The molecule has 0 aliphatic heterocycles. The molecule has 0 atom stereocenters. The van der Waals surface area contributed by atoms with Gasteiger partial charge in [-0.15, -0.1) is 11.3 Å². The van der Waals surface area contributed by atoms with Gasteiger partial charge in [0.2, 0.25) is 5.91 Å². The SMILES string of the molecule is O=C(CS(=O)(=O)c1c[nH]cc1-c1ccc(Cl)cc1)Nc1nc(-c2ccc(Cl)cc2)cs1. The molecule has 0 aliphatic rings. The molecule has 10 heteroatoms. The summed E-state index contributed by atoms with van der Waals surface area (Å²) in [5.74, 6) is -1.37. The van der Waals surface area contributed by atoms with Crippen molar-refractivity contribution in [2.24, 2.45) is 0 Å². The number of thiazole rings is 1. The summed E-state index contributed by atoms with van der Waals surface area (Å²) in [5.41, 5.74) is 2.66. The van der Waals surface area contributed by atoms with Gasteiger partial charge in [-0.3, -0.25) is 4.79 Å². The average Bonchev–Trinajstić information content (AvgIpc) is 3.39. The van der Waals surface area contributed by atoms with Crippen molar-refractivity contribution in [1.82, 2.24) is 9.97 Å². The number of nitrogens with one attached hydrogen (secondary N) is 2. The van der Waals surface area contributed by atoms with Crippen LogP contribution >= 0.6 is 34.5 Å². The van der Waals surface area contributed by atoms with Crippen molar-refractivity contribution >= 4 is 55.4 Å². The van der Waals surface area contributed by atoms with Crippen LogP contribution < -0.4 is 5.32 Å². The molecule has 1 amide bonds. The number of aromatic amines is 1. The number of rotatable bonds is 6. The molecule has 0 saturated heterocycles. The zero-order valence-electron chi connectivity index (χ0n) is 15.8. The quantitative estimate of drug-likeness (QED) is 0.371. The molecular formula is C21H15Cl2N3O3S2. The molecule has 0 fully saturated rings. The summed E-state index contributed by atoms with van der Waals surface area (Å²) in [7, 11) is -3.89. The van der Waals surface area contributed by atoms with Gasteiger partial charge < -0.3 is 10.3 Å². The fourth-order valence-electron chi connectivity index (χ4n) is 2.95. The van der Waals surface area contributed by atoms with Crippen LogP contribution in [0.4, 0.5) is 5.13 Å². The fraction of sp³-hybridized carbons (Fsp3) is 0.0476. The van der Waals surface area contributed by atoms with E-state index in [0.717, 1.165) is 5.56 Å². The maximum Gasteiger partial charge on any atom is 0.241 e. The van der Waals surface area contributed by atoms with Crippen molar-refractivity contribution in [3.63, 3.8) is 0 Å². The van der Waals surface area contributed by atoms with Crippen LogP contribution in [0.15, 0.2) is 71.2 Å².